The summed E-state index contributed by atoms with van der Waals surface area (Å²) < 4.78 is 0. The van der Waals surface area contributed by atoms with Gasteiger partial charge in [0.25, 0.3) is 0 Å². The standard InChI is InChI=1S/C13H27N/c1-3-5-11-14-13-8-6-7-12(4-2)9-10-13/h12-14H,3-11H2,1-2H3. The van der Waals surface area contributed by atoms with Crippen molar-refractivity contribution in [2.45, 2.75) is 71.3 Å². The maximum absolute atomic E-state index is 3.71. The highest BCUT2D eigenvalue weighted by atomic mass is 14.9. The number of nitrogens with one attached hydrogen (secondary N) is 1. The summed E-state index contributed by atoms with van der Waals surface area (Å²) in [5.74, 6) is 1.02. The highest BCUT2D eigenvalue weighted by molar-refractivity contribution is 4.74. The maximum Gasteiger partial charge on any atom is 0.00671 e. The molecule has 1 fully saturated rings. The second-order valence-corrected chi connectivity index (χ2v) is 4.79. The largest absolute Gasteiger partial charge is 0.314 e. The molecule has 0 aromatic rings. The van der Waals surface area contributed by atoms with Gasteiger partial charge in [-0.25, -0.2) is 0 Å². The Morgan fingerprint density at radius 3 is 2.64 bits per heavy atom. The van der Waals surface area contributed by atoms with Gasteiger partial charge in [0.05, 0.1) is 0 Å². The van der Waals surface area contributed by atoms with Crippen LogP contribution in [0.3, 0.4) is 0 Å². The Bertz CT molecular complexity index is 133. The number of unbranched alkanes of at least 4 members (excludes halogenated alkanes) is 1. The molecule has 0 radical (unpaired) electrons. The molecule has 2 unspecified atom stereocenters. The lowest BCUT2D eigenvalue weighted by molar-refractivity contribution is 0.424. The van der Waals surface area contributed by atoms with Crippen molar-refractivity contribution in [2.75, 3.05) is 6.54 Å². The van der Waals surface area contributed by atoms with Crippen LogP contribution in [-0.4, -0.2) is 12.6 Å². The van der Waals surface area contributed by atoms with E-state index in [2.05, 4.69) is 19.2 Å². The Morgan fingerprint density at radius 1 is 1.07 bits per heavy atom. The van der Waals surface area contributed by atoms with Gasteiger partial charge in [-0.3, -0.25) is 0 Å². The third-order valence-corrected chi connectivity index (χ3v) is 3.63. The summed E-state index contributed by atoms with van der Waals surface area (Å²) >= 11 is 0. The fraction of sp³-hybridized carbons (Fsp3) is 1.00. The smallest absolute Gasteiger partial charge is 0.00671 e. The minimum atomic E-state index is 0.832. The van der Waals surface area contributed by atoms with Crippen LogP contribution in [0.2, 0.25) is 0 Å². The molecule has 0 saturated heterocycles. The van der Waals surface area contributed by atoms with E-state index in [1.165, 1.54) is 57.9 Å². The molecule has 1 heteroatoms. The number of hydrogen-bond acceptors (Lipinski definition) is 1. The van der Waals surface area contributed by atoms with E-state index < -0.39 is 0 Å². The molecule has 14 heavy (non-hydrogen) atoms. The molecule has 1 aliphatic rings. The first-order chi connectivity index (χ1) is 6.86. The summed E-state index contributed by atoms with van der Waals surface area (Å²) in [6.45, 7) is 5.84. The van der Waals surface area contributed by atoms with E-state index >= 15 is 0 Å². The zero-order valence-corrected chi connectivity index (χ0v) is 10.0. The van der Waals surface area contributed by atoms with E-state index in [0.29, 0.717) is 0 Å². The molecular formula is C13H27N. The van der Waals surface area contributed by atoms with E-state index in [0.717, 1.165) is 12.0 Å². The minimum absolute atomic E-state index is 0.832. The summed E-state index contributed by atoms with van der Waals surface area (Å²) in [5, 5.41) is 3.71. The van der Waals surface area contributed by atoms with Crippen molar-refractivity contribution in [3.63, 3.8) is 0 Å². The van der Waals surface area contributed by atoms with E-state index in [9.17, 15) is 0 Å². The topological polar surface area (TPSA) is 12.0 Å². The van der Waals surface area contributed by atoms with Gasteiger partial charge in [0.1, 0.15) is 0 Å². The predicted molar refractivity (Wildman–Crippen MR) is 63.6 cm³/mol. The lowest BCUT2D eigenvalue weighted by Gasteiger charge is -2.16. The Balaban J connectivity index is 2.14. The van der Waals surface area contributed by atoms with Crippen molar-refractivity contribution in [1.82, 2.24) is 5.32 Å². The number of rotatable bonds is 5. The van der Waals surface area contributed by atoms with Gasteiger partial charge in [0, 0.05) is 6.04 Å². The molecule has 0 spiro atoms. The second-order valence-electron chi connectivity index (χ2n) is 4.79. The summed E-state index contributed by atoms with van der Waals surface area (Å²) in [6, 6.07) is 0.832. The quantitative estimate of drug-likeness (QED) is 0.523. The summed E-state index contributed by atoms with van der Waals surface area (Å²) in [4.78, 5) is 0. The minimum Gasteiger partial charge on any atom is -0.314 e. The van der Waals surface area contributed by atoms with Gasteiger partial charge in [0.15, 0.2) is 0 Å². The molecule has 84 valence electrons. The van der Waals surface area contributed by atoms with Crippen LogP contribution in [0.15, 0.2) is 0 Å². The van der Waals surface area contributed by atoms with Crippen molar-refractivity contribution >= 4 is 0 Å². The van der Waals surface area contributed by atoms with Gasteiger partial charge in [-0.2, -0.15) is 0 Å². The van der Waals surface area contributed by atoms with Gasteiger partial charge in [0.2, 0.25) is 0 Å². The Hall–Kier alpha value is -0.0400. The molecule has 0 aromatic carbocycles. The average Bonchev–Trinajstić information content (AvgIpc) is 2.43. The average molecular weight is 197 g/mol. The molecule has 2 atom stereocenters. The summed E-state index contributed by atoms with van der Waals surface area (Å²) in [6.07, 6.45) is 11.3. The molecule has 0 aromatic heterocycles. The monoisotopic (exact) mass is 197 g/mol. The van der Waals surface area contributed by atoms with Gasteiger partial charge in [-0.05, 0) is 38.1 Å². The molecule has 0 aliphatic heterocycles. The van der Waals surface area contributed by atoms with Crippen LogP contribution in [-0.2, 0) is 0 Å². The zero-order valence-electron chi connectivity index (χ0n) is 10.0. The van der Waals surface area contributed by atoms with E-state index in [1.54, 1.807) is 0 Å². The Kier molecular flexibility index (Phi) is 6.25. The first-order valence-electron chi connectivity index (χ1n) is 6.60. The normalized spacial score (nSPS) is 28.7. The first-order valence-corrected chi connectivity index (χ1v) is 6.60. The fourth-order valence-corrected chi connectivity index (χ4v) is 2.47. The molecular weight excluding hydrogens is 170 g/mol. The van der Waals surface area contributed by atoms with Gasteiger partial charge >= 0.3 is 0 Å². The molecule has 0 heterocycles. The fourth-order valence-electron chi connectivity index (χ4n) is 2.47. The van der Waals surface area contributed by atoms with Crippen molar-refractivity contribution < 1.29 is 0 Å². The molecule has 1 rings (SSSR count). The summed E-state index contributed by atoms with van der Waals surface area (Å²) in [7, 11) is 0. The molecule has 1 aliphatic carbocycles. The predicted octanol–water partition coefficient (Wildman–Crippen LogP) is 3.74. The van der Waals surface area contributed by atoms with Crippen LogP contribution >= 0.6 is 0 Å². The lowest BCUT2D eigenvalue weighted by Crippen LogP contribution is -2.29. The second kappa shape index (κ2) is 7.28. The first kappa shape index (κ1) is 12.0. The van der Waals surface area contributed by atoms with Crippen LogP contribution in [0.25, 0.3) is 0 Å². The third-order valence-electron chi connectivity index (χ3n) is 3.63. The third kappa shape index (κ3) is 4.45. The van der Waals surface area contributed by atoms with Gasteiger partial charge in [-0.15, -0.1) is 0 Å². The highest BCUT2D eigenvalue weighted by Gasteiger charge is 2.16. The van der Waals surface area contributed by atoms with E-state index in [4.69, 9.17) is 0 Å². The lowest BCUT2D eigenvalue weighted by atomic mass is 9.98. The maximum atomic E-state index is 3.71. The Labute approximate surface area is 89.7 Å². The zero-order chi connectivity index (χ0) is 10.2. The van der Waals surface area contributed by atoms with Crippen LogP contribution in [0, 0.1) is 5.92 Å². The molecule has 1 N–H and O–H groups in total. The molecule has 0 amide bonds. The van der Waals surface area contributed by atoms with E-state index in [-0.39, 0.29) is 0 Å². The molecule has 0 bridgehead atoms. The summed E-state index contributed by atoms with van der Waals surface area (Å²) in [5.41, 5.74) is 0. The van der Waals surface area contributed by atoms with Gasteiger partial charge in [-0.1, -0.05) is 39.5 Å². The van der Waals surface area contributed by atoms with Crippen molar-refractivity contribution in [3.05, 3.63) is 0 Å². The van der Waals surface area contributed by atoms with Crippen LogP contribution in [0.1, 0.15) is 65.2 Å². The van der Waals surface area contributed by atoms with Gasteiger partial charge < -0.3 is 5.32 Å². The van der Waals surface area contributed by atoms with Crippen LogP contribution < -0.4 is 5.32 Å². The van der Waals surface area contributed by atoms with Crippen molar-refractivity contribution in [1.29, 1.82) is 0 Å². The van der Waals surface area contributed by atoms with Crippen LogP contribution in [0.5, 0.6) is 0 Å². The highest BCUT2D eigenvalue weighted by Crippen LogP contribution is 2.25. The van der Waals surface area contributed by atoms with Crippen LogP contribution in [0.4, 0.5) is 0 Å². The van der Waals surface area contributed by atoms with Crippen molar-refractivity contribution in [3.8, 4) is 0 Å². The molecule has 1 nitrogen and oxygen atoms in total. The Morgan fingerprint density at radius 2 is 1.93 bits per heavy atom. The van der Waals surface area contributed by atoms with E-state index in [1.807, 2.05) is 0 Å². The SMILES string of the molecule is CCCCNC1CCCC(CC)CC1. The number of hydrogen-bond donors (Lipinski definition) is 1. The molecule has 1 saturated carbocycles. The van der Waals surface area contributed by atoms with Crippen molar-refractivity contribution in [2.24, 2.45) is 5.92 Å².